The molecule has 2 nitrogen and oxygen atoms in total. The molecule has 0 saturated carbocycles. The van der Waals surface area contributed by atoms with Crippen LogP contribution in [0, 0.1) is 5.82 Å². The topological polar surface area (TPSA) is 46.2 Å². The number of phenolic OH excluding ortho intramolecular Hbond substituents is 1. The van der Waals surface area contributed by atoms with Gasteiger partial charge in [0.15, 0.2) is 11.6 Å². The van der Waals surface area contributed by atoms with Crippen molar-refractivity contribution in [2.75, 3.05) is 0 Å². The minimum Gasteiger partial charge on any atom is -0.505 e. The summed E-state index contributed by atoms with van der Waals surface area (Å²) >= 11 is 0. The minimum absolute atomic E-state index is 0.00491. The van der Waals surface area contributed by atoms with E-state index in [-0.39, 0.29) is 5.56 Å². The molecule has 1 aromatic carbocycles. The van der Waals surface area contributed by atoms with Gasteiger partial charge in [-0.3, -0.25) is 0 Å². The first-order valence-electron chi connectivity index (χ1n) is 4.03. The SMILES string of the molecule is N[C@H](CC(F)F)c1cccc(F)c1O. The molecule has 14 heavy (non-hydrogen) atoms. The smallest absolute Gasteiger partial charge is 0.240 e. The number of alkyl halides is 2. The van der Waals surface area contributed by atoms with E-state index in [0.717, 1.165) is 6.07 Å². The van der Waals surface area contributed by atoms with E-state index in [2.05, 4.69) is 0 Å². The van der Waals surface area contributed by atoms with Gasteiger partial charge in [-0.05, 0) is 6.07 Å². The molecule has 0 spiro atoms. The van der Waals surface area contributed by atoms with Gasteiger partial charge in [0, 0.05) is 18.0 Å². The number of para-hydroxylation sites is 1. The average Bonchev–Trinajstić information content (AvgIpc) is 2.08. The maximum Gasteiger partial charge on any atom is 0.240 e. The molecule has 0 unspecified atom stereocenters. The maximum atomic E-state index is 12.8. The number of phenols is 1. The lowest BCUT2D eigenvalue weighted by molar-refractivity contribution is 0.128. The molecule has 0 aliphatic heterocycles. The van der Waals surface area contributed by atoms with Crippen LogP contribution in [-0.4, -0.2) is 11.5 Å². The molecule has 0 radical (unpaired) electrons. The number of halogens is 3. The lowest BCUT2D eigenvalue weighted by atomic mass is 10.0. The highest BCUT2D eigenvalue weighted by molar-refractivity contribution is 5.35. The van der Waals surface area contributed by atoms with Crippen LogP contribution in [0.25, 0.3) is 0 Å². The molecule has 1 rings (SSSR count). The van der Waals surface area contributed by atoms with Gasteiger partial charge in [0.1, 0.15) is 0 Å². The Morgan fingerprint density at radius 3 is 2.57 bits per heavy atom. The van der Waals surface area contributed by atoms with Crippen molar-refractivity contribution in [2.24, 2.45) is 5.73 Å². The minimum atomic E-state index is -2.58. The van der Waals surface area contributed by atoms with Crippen LogP contribution < -0.4 is 5.73 Å². The van der Waals surface area contributed by atoms with Gasteiger partial charge in [-0.25, -0.2) is 13.2 Å². The Hall–Kier alpha value is -1.23. The van der Waals surface area contributed by atoms with E-state index in [1.807, 2.05) is 0 Å². The van der Waals surface area contributed by atoms with E-state index < -0.39 is 30.5 Å². The summed E-state index contributed by atoms with van der Waals surface area (Å²) in [6, 6.07) is 2.63. The predicted octanol–water partition coefficient (Wildman–Crippen LogP) is 2.19. The van der Waals surface area contributed by atoms with Crippen LogP contribution in [0.1, 0.15) is 18.0 Å². The van der Waals surface area contributed by atoms with Crippen LogP contribution in [-0.2, 0) is 0 Å². The van der Waals surface area contributed by atoms with Crippen LogP contribution in [0.5, 0.6) is 5.75 Å². The molecular weight excluding hydrogens is 195 g/mol. The maximum absolute atomic E-state index is 12.8. The van der Waals surface area contributed by atoms with Crippen molar-refractivity contribution < 1.29 is 18.3 Å². The number of hydrogen-bond donors (Lipinski definition) is 2. The first kappa shape index (κ1) is 10.8. The van der Waals surface area contributed by atoms with Crippen LogP contribution in [0.2, 0.25) is 0 Å². The molecule has 0 fully saturated rings. The second-order valence-electron chi connectivity index (χ2n) is 2.91. The molecule has 0 amide bonds. The van der Waals surface area contributed by atoms with Crippen molar-refractivity contribution in [2.45, 2.75) is 18.9 Å². The van der Waals surface area contributed by atoms with Gasteiger partial charge in [0.25, 0.3) is 0 Å². The summed E-state index contributed by atoms with van der Waals surface area (Å²) in [5.74, 6) is -1.51. The Bertz CT molecular complexity index is 317. The van der Waals surface area contributed by atoms with Gasteiger partial charge in [0.2, 0.25) is 6.43 Å². The molecule has 1 aromatic rings. The van der Waals surface area contributed by atoms with E-state index >= 15 is 0 Å². The van der Waals surface area contributed by atoms with E-state index in [9.17, 15) is 18.3 Å². The van der Waals surface area contributed by atoms with Crippen molar-refractivity contribution in [3.63, 3.8) is 0 Å². The lowest BCUT2D eigenvalue weighted by Gasteiger charge is -2.12. The molecule has 0 heterocycles. The molecule has 0 bridgehead atoms. The van der Waals surface area contributed by atoms with E-state index in [4.69, 9.17) is 5.73 Å². The standard InChI is InChI=1S/C9H10F3NO/c10-6-3-1-2-5(9(6)14)7(13)4-8(11)12/h1-3,7-8,14H,4,13H2/t7-/m1/s1. The average molecular weight is 205 g/mol. The van der Waals surface area contributed by atoms with Crippen LogP contribution in [0.4, 0.5) is 13.2 Å². The van der Waals surface area contributed by atoms with Gasteiger partial charge < -0.3 is 10.8 Å². The third-order valence-electron chi connectivity index (χ3n) is 1.85. The summed E-state index contributed by atoms with van der Waals surface area (Å²) in [5.41, 5.74) is 5.36. The Kier molecular flexibility index (Phi) is 3.35. The third kappa shape index (κ3) is 2.38. The second kappa shape index (κ2) is 4.32. The Morgan fingerprint density at radius 1 is 1.36 bits per heavy atom. The first-order valence-corrected chi connectivity index (χ1v) is 4.03. The number of aromatic hydroxyl groups is 1. The van der Waals surface area contributed by atoms with Crippen molar-refractivity contribution in [1.82, 2.24) is 0 Å². The van der Waals surface area contributed by atoms with E-state index in [1.165, 1.54) is 12.1 Å². The highest BCUT2D eigenvalue weighted by Crippen LogP contribution is 2.28. The highest BCUT2D eigenvalue weighted by Gasteiger charge is 2.17. The molecular formula is C9H10F3NO. The summed E-state index contributed by atoms with van der Waals surface area (Å²) in [6.45, 7) is 0. The van der Waals surface area contributed by atoms with Crippen molar-refractivity contribution in [3.05, 3.63) is 29.6 Å². The fourth-order valence-corrected chi connectivity index (χ4v) is 1.15. The largest absolute Gasteiger partial charge is 0.505 e. The zero-order chi connectivity index (χ0) is 10.7. The van der Waals surface area contributed by atoms with Crippen molar-refractivity contribution in [3.8, 4) is 5.75 Å². The second-order valence-corrected chi connectivity index (χ2v) is 2.91. The van der Waals surface area contributed by atoms with E-state index in [0.29, 0.717) is 0 Å². The summed E-state index contributed by atoms with van der Waals surface area (Å²) in [5, 5.41) is 9.18. The zero-order valence-corrected chi connectivity index (χ0v) is 7.25. The van der Waals surface area contributed by atoms with Gasteiger partial charge >= 0.3 is 0 Å². The Labute approximate surface area is 79.2 Å². The van der Waals surface area contributed by atoms with Crippen LogP contribution in [0.3, 0.4) is 0 Å². The van der Waals surface area contributed by atoms with Gasteiger partial charge in [-0.2, -0.15) is 0 Å². The quantitative estimate of drug-likeness (QED) is 0.794. The monoisotopic (exact) mass is 205 g/mol. The lowest BCUT2D eigenvalue weighted by Crippen LogP contribution is -2.14. The molecule has 0 aliphatic carbocycles. The number of hydrogen-bond acceptors (Lipinski definition) is 2. The molecule has 1 atom stereocenters. The zero-order valence-electron chi connectivity index (χ0n) is 7.25. The van der Waals surface area contributed by atoms with Crippen molar-refractivity contribution >= 4 is 0 Å². The highest BCUT2D eigenvalue weighted by atomic mass is 19.3. The van der Waals surface area contributed by atoms with Crippen LogP contribution >= 0.6 is 0 Å². The number of rotatable bonds is 3. The summed E-state index contributed by atoms with van der Waals surface area (Å²) in [7, 11) is 0. The van der Waals surface area contributed by atoms with Gasteiger partial charge in [-0.1, -0.05) is 12.1 Å². The Balaban J connectivity index is 2.89. The molecule has 0 saturated heterocycles. The third-order valence-corrected chi connectivity index (χ3v) is 1.85. The number of nitrogens with two attached hydrogens (primary N) is 1. The fraction of sp³-hybridized carbons (Fsp3) is 0.333. The molecule has 5 heteroatoms. The Morgan fingerprint density at radius 2 is 2.00 bits per heavy atom. The molecule has 0 aliphatic rings. The summed E-state index contributed by atoms with van der Waals surface area (Å²) in [6.07, 6.45) is -3.18. The predicted molar refractivity (Wildman–Crippen MR) is 45.6 cm³/mol. The summed E-state index contributed by atoms with van der Waals surface area (Å²) < 4.78 is 36.7. The van der Waals surface area contributed by atoms with E-state index in [1.54, 1.807) is 0 Å². The normalized spacial score (nSPS) is 13.2. The molecule has 3 N–H and O–H groups in total. The van der Waals surface area contributed by atoms with Gasteiger partial charge in [-0.15, -0.1) is 0 Å². The first-order chi connectivity index (χ1) is 6.52. The van der Waals surface area contributed by atoms with Crippen molar-refractivity contribution in [1.29, 1.82) is 0 Å². The summed E-state index contributed by atoms with van der Waals surface area (Å²) in [4.78, 5) is 0. The fourth-order valence-electron chi connectivity index (χ4n) is 1.15. The molecule has 78 valence electrons. The molecule has 0 aromatic heterocycles. The number of benzene rings is 1. The van der Waals surface area contributed by atoms with Gasteiger partial charge in [0.05, 0.1) is 0 Å². The van der Waals surface area contributed by atoms with Crippen LogP contribution in [0.15, 0.2) is 18.2 Å².